The van der Waals surface area contributed by atoms with E-state index in [1.807, 2.05) is 6.92 Å². The van der Waals surface area contributed by atoms with Gasteiger partial charge in [0.1, 0.15) is 17.1 Å². The number of thioether (sulfide) groups is 2. The van der Waals surface area contributed by atoms with Crippen molar-refractivity contribution in [2.45, 2.75) is 49.5 Å². The van der Waals surface area contributed by atoms with Gasteiger partial charge in [-0.15, -0.1) is 23.1 Å². The van der Waals surface area contributed by atoms with Crippen molar-refractivity contribution in [1.29, 1.82) is 0 Å². The van der Waals surface area contributed by atoms with Gasteiger partial charge >= 0.3 is 11.1 Å². The molecule has 0 saturated carbocycles. The van der Waals surface area contributed by atoms with E-state index in [4.69, 9.17) is 27.1 Å². The van der Waals surface area contributed by atoms with Crippen LogP contribution in [0.4, 0.5) is 16.8 Å². The average molecular weight is 638 g/mol. The molecule has 2 aliphatic rings. The van der Waals surface area contributed by atoms with Crippen molar-refractivity contribution >= 4 is 81.1 Å². The molecule has 0 aliphatic carbocycles. The van der Waals surface area contributed by atoms with Crippen LogP contribution < -0.4 is 32.2 Å². The summed E-state index contributed by atoms with van der Waals surface area (Å²) in [6, 6.07) is 0.435. The number of rotatable bonds is 12. The second-order valence-electron chi connectivity index (χ2n) is 9.03. The van der Waals surface area contributed by atoms with Crippen molar-refractivity contribution in [3.63, 3.8) is 0 Å². The van der Waals surface area contributed by atoms with Crippen molar-refractivity contribution in [1.82, 2.24) is 20.2 Å². The zero-order valence-electron chi connectivity index (χ0n) is 22.3. The van der Waals surface area contributed by atoms with E-state index < -0.39 is 47.0 Å². The molecule has 8 N–H and O–H groups in total. The first-order chi connectivity index (χ1) is 19.9. The van der Waals surface area contributed by atoms with E-state index in [1.165, 1.54) is 41.9 Å². The lowest BCUT2D eigenvalue weighted by Crippen LogP contribution is -2.71. The van der Waals surface area contributed by atoms with Gasteiger partial charge in [-0.2, -0.15) is 0 Å². The molecule has 224 valence electrons. The molecular formula is C23H27N9O7S3. The molecule has 19 heteroatoms. The largest absolute Gasteiger partial charge is 0.543 e. The number of nitrogens with one attached hydrogen (secondary N) is 1. The number of nitrogens with zero attached hydrogens (tertiary/aromatic N) is 5. The first-order valence-corrected chi connectivity index (χ1v) is 15.3. The third-order valence-corrected chi connectivity index (χ3v) is 9.12. The van der Waals surface area contributed by atoms with E-state index in [-0.39, 0.29) is 33.8 Å². The fourth-order valence-electron chi connectivity index (χ4n) is 4.02. The Bertz CT molecular complexity index is 1500. The molecule has 2 unspecified atom stereocenters. The first-order valence-electron chi connectivity index (χ1n) is 12.4. The van der Waals surface area contributed by atoms with E-state index in [0.717, 1.165) is 22.7 Å². The van der Waals surface area contributed by atoms with Gasteiger partial charge in [0.15, 0.2) is 10.8 Å². The van der Waals surface area contributed by atoms with Crippen LogP contribution in [0.25, 0.3) is 0 Å². The molecule has 2 aromatic rings. The summed E-state index contributed by atoms with van der Waals surface area (Å²) in [5, 5.41) is 28.7. The standard InChI is InChI=1S/C23H27N9O7S3/c1-3-4-31-13(25)5-12(24)28-23(31)42-7-10-6-40-19-15(18(34)32(19)16(10)21(37)38)29-17(33)14(11-8-41-22(26)27-11)30-39-9(2)20(35)36/h5,8-9,15,19H,3-4,6-7H2,1-2H3,(H8,24,25,26,27,29,33,35,36,37,38)/b30-14-/t9?,15?,19-/m1/s1. The molecule has 0 radical (unpaired) electrons. The van der Waals surface area contributed by atoms with Gasteiger partial charge in [0.05, 0.1) is 24.3 Å². The van der Waals surface area contributed by atoms with Crippen LogP contribution in [-0.4, -0.2) is 78.5 Å². The quantitative estimate of drug-likeness (QED) is 0.0437. The number of hydrogen-bond donors (Lipinski definition) is 5. The summed E-state index contributed by atoms with van der Waals surface area (Å²) in [7, 11) is 0. The number of hydrogen-bond acceptors (Lipinski definition) is 15. The van der Waals surface area contributed by atoms with Gasteiger partial charge in [0.25, 0.3) is 11.8 Å². The van der Waals surface area contributed by atoms with Crippen LogP contribution in [0.2, 0.25) is 0 Å². The molecule has 3 atom stereocenters. The average Bonchev–Trinajstić information content (AvgIpc) is 3.36. The Morgan fingerprint density at radius 2 is 2.10 bits per heavy atom. The summed E-state index contributed by atoms with van der Waals surface area (Å²) < 4.78 is 1.77. The number of aliphatic carboxylic acids is 2. The van der Waals surface area contributed by atoms with E-state index in [0.29, 0.717) is 23.1 Å². The zero-order chi connectivity index (χ0) is 30.7. The van der Waals surface area contributed by atoms with Gasteiger partial charge in [-0.05, 0) is 30.7 Å². The van der Waals surface area contributed by atoms with Crippen LogP contribution in [0, 0.1) is 0 Å². The molecule has 16 nitrogen and oxygen atoms in total. The van der Waals surface area contributed by atoms with Crippen molar-refractivity contribution in [3.8, 4) is 0 Å². The van der Waals surface area contributed by atoms with Gasteiger partial charge in [-0.25, -0.2) is 14.3 Å². The van der Waals surface area contributed by atoms with Crippen LogP contribution in [0.15, 0.2) is 33.0 Å². The van der Waals surface area contributed by atoms with Crippen molar-refractivity contribution in [2.75, 3.05) is 28.7 Å². The molecule has 0 aromatic carbocycles. The van der Waals surface area contributed by atoms with Gasteiger partial charge in [-0.3, -0.25) is 14.5 Å². The summed E-state index contributed by atoms with van der Waals surface area (Å²) in [5.41, 5.74) is 17.4. The predicted octanol–water partition coefficient (Wildman–Crippen LogP) is -1.63. The second kappa shape index (κ2) is 12.8. The number of aromatic nitrogens is 3. The molecule has 2 aliphatic heterocycles. The topological polar surface area (TPSA) is 256 Å². The molecule has 0 bridgehead atoms. The molecule has 1 fully saturated rings. The normalized spacial score (nSPS) is 19.1. The lowest BCUT2D eigenvalue weighted by atomic mass is 10.0. The third kappa shape index (κ3) is 6.36. The summed E-state index contributed by atoms with van der Waals surface area (Å²) >= 11 is 3.50. The number of β-lactam (4-membered cyclic amide) rings is 1. The van der Waals surface area contributed by atoms with Gasteiger partial charge < -0.3 is 42.4 Å². The minimum atomic E-state index is -1.54. The van der Waals surface area contributed by atoms with Crippen molar-refractivity contribution in [3.05, 3.63) is 28.4 Å². The Balaban J connectivity index is 1.52. The maximum absolute atomic E-state index is 13.1. The van der Waals surface area contributed by atoms with Gasteiger partial charge in [0, 0.05) is 16.9 Å². The highest BCUT2D eigenvalue weighted by Crippen LogP contribution is 2.41. The zero-order valence-corrected chi connectivity index (χ0v) is 24.8. The van der Waals surface area contributed by atoms with Crippen molar-refractivity contribution < 1.29 is 38.8 Å². The highest BCUT2D eigenvalue weighted by atomic mass is 32.2. The summed E-state index contributed by atoms with van der Waals surface area (Å²) in [6.07, 6.45) is -0.595. The highest BCUT2D eigenvalue weighted by Gasteiger charge is 2.53. The third-order valence-electron chi connectivity index (χ3n) is 6.04. The minimum Gasteiger partial charge on any atom is -0.543 e. The Morgan fingerprint density at radius 1 is 1.36 bits per heavy atom. The molecular weight excluding hydrogens is 611 g/mol. The maximum atomic E-state index is 13.1. The number of carboxylic acid groups (broad SMARTS) is 2. The lowest BCUT2D eigenvalue weighted by Gasteiger charge is -2.50. The van der Waals surface area contributed by atoms with Crippen LogP contribution in [0.3, 0.4) is 0 Å². The number of thiazole rings is 1. The summed E-state index contributed by atoms with van der Waals surface area (Å²) in [6.45, 7) is 3.77. The molecule has 4 heterocycles. The Labute approximate surface area is 251 Å². The summed E-state index contributed by atoms with van der Waals surface area (Å²) in [4.78, 5) is 63.9. The fourth-order valence-corrected chi connectivity index (χ4v) is 7.11. The van der Waals surface area contributed by atoms with Gasteiger partial charge in [-0.1, -0.05) is 17.1 Å². The molecule has 0 spiro atoms. The van der Waals surface area contributed by atoms with Gasteiger partial charge in [0.2, 0.25) is 17.7 Å². The number of carbonyl (C=O) groups is 4. The maximum Gasteiger partial charge on any atom is 0.347 e. The highest BCUT2D eigenvalue weighted by molar-refractivity contribution is 8.01. The van der Waals surface area contributed by atoms with E-state index in [9.17, 15) is 24.3 Å². The number of carbonyl (C=O) groups excluding carboxylic acids is 3. The number of amides is 2. The number of carboxylic acids is 2. The monoisotopic (exact) mass is 637 g/mol. The van der Waals surface area contributed by atoms with Crippen LogP contribution in [0.1, 0.15) is 26.0 Å². The van der Waals surface area contributed by atoms with Crippen LogP contribution in [-0.2, 0) is 30.6 Å². The SMILES string of the molecule is CCC[n+]1c(N)cc(N)nc1SCC1=C(C(=O)[O-])N2C(=O)C(NC(=O)/C(=N\OC(C)C(=O)O)c3csc(N)n3)[C@H]2SC1. The Kier molecular flexibility index (Phi) is 9.42. The van der Waals surface area contributed by atoms with E-state index in [2.05, 4.69) is 20.4 Å². The van der Waals surface area contributed by atoms with E-state index >= 15 is 0 Å². The number of fused-ring (bicyclic) bond motifs is 1. The second-order valence-corrected chi connectivity index (χ2v) is 12.0. The fraction of sp³-hybridized carbons (Fsp3) is 0.391. The minimum absolute atomic E-state index is 0.0123. The Hall–Kier alpha value is -4.10. The van der Waals surface area contributed by atoms with Crippen LogP contribution >= 0.6 is 34.9 Å². The lowest BCUT2D eigenvalue weighted by molar-refractivity contribution is -0.723. The molecule has 4 rings (SSSR count). The number of nitrogens with two attached hydrogens (primary N) is 3. The predicted molar refractivity (Wildman–Crippen MR) is 153 cm³/mol. The first kappa shape index (κ1) is 30.8. The Morgan fingerprint density at radius 3 is 2.71 bits per heavy atom. The summed E-state index contributed by atoms with van der Waals surface area (Å²) in [5.74, 6) is -3.37. The van der Waals surface area contributed by atoms with E-state index in [1.54, 1.807) is 4.57 Å². The van der Waals surface area contributed by atoms with Crippen LogP contribution in [0.5, 0.6) is 0 Å². The smallest absolute Gasteiger partial charge is 0.347 e. The molecule has 2 amide bonds. The van der Waals surface area contributed by atoms with Crippen molar-refractivity contribution in [2.24, 2.45) is 5.16 Å². The molecule has 2 aromatic heterocycles. The number of anilines is 3. The molecule has 1 saturated heterocycles. The number of oxime groups is 1. The number of nitrogen functional groups attached to an aromatic ring is 3. The molecule has 42 heavy (non-hydrogen) atoms.